The van der Waals surface area contributed by atoms with E-state index >= 15 is 0 Å². The minimum absolute atomic E-state index is 0.0644. The lowest BCUT2D eigenvalue weighted by molar-refractivity contribution is 0.0772. The Bertz CT molecular complexity index is 2030. The normalized spacial score (nSPS) is 15.5. The summed E-state index contributed by atoms with van der Waals surface area (Å²) in [5.41, 5.74) is 0.446. The largest absolute Gasteiger partial charge is 0.507 e. The molecule has 2 atom stereocenters. The molecule has 0 aliphatic carbocycles. The van der Waals surface area contributed by atoms with E-state index in [1.807, 2.05) is 0 Å². The second kappa shape index (κ2) is 11.9. The van der Waals surface area contributed by atoms with Crippen molar-refractivity contribution in [3.05, 3.63) is 93.6 Å². The van der Waals surface area contributed by atoms with E-state index in [0.717, 1.165) is 0 Å². The summed E-state index contributed by atoms with van der Waals surface area (Å²) in [5, 5.41) is 21.8. The number of phenolic OH excluding ortho intramolecular Hbond substituents is 2. The highest BCUT2D eigenvalue weighted by Crippen LogP contribution is 2.52. The summed E-state index contributed by atoms with van der Waals surface area (Å²) >= 11 is 0. The van der Waals surface area contributed by atoms with Crippen molar-refractivity contribution in [1.82, 2.24) is 0 Å². The van der Waals surface area contributed by atoms with Crippen LogP contribution in [-0.2, 0) is 0 Å². The summed E-state index contributed by atoms with van der Waals surface area (Å²) in [7, 11) is 7.32. The van der Waals surface area contributed by atoms with Crippen LogP contribution in [0.3, 0.4) is 0 Å². The van der Waals surface area contributed by atoms with Gasteiger partial charge >= 0.3 is 0 Å². The minimum Gasteiger partial charge on any atom is -0.507 e. The Morgan fingerprint density at radius 3 is 2.02 bits per heavy atom. The molecule has 0 bridgehead atoms. The zero-order valence-corrected chi connectivity index (χ0v) is 25.6. The van der Waals surface area contributed by atoms with Crippen molar-refractivity contribution < 1.29 is 47.8 Å². The molecule has 0 saturated heterocycles. The van der Waals surface area contributed by atoms with Crippen LogP contribution in [0.25, 0.3) is 22.3 Å². The Hall–Kier alpha value is -5.84. The summed E-state index contributed by atoms with van der Waals surface area (Å²) in [6.45, 7) is 0. The molecule has 2 heterocycles. The quantitative estimate of drug-likeness (QED) is 0.209. The van der Waals surface area contributed by atoms with Crippen molar-refractivity contribution in [3.63, 3.8) is 0 Å². The molecule has 11 heteroatoms. The zero-order chi connectivity index (χ0) is 32.7. The molecule has 0 fully saturated rings. The standard InChI is InChI=1S/C35H30O11/c1-40-19-9-6-17(7-10-19)34-32(33(39)30-21(36)13-20(41-2)14-28(30)46-34)31-27(44-5)16-23(38)29-22(37)15-25(45-35(29)31)18-8-11-24(42-3)26(12-18)43-4/h6-16,32,34,36,38H,1-5H3/t32-,34-/m0/s1. The molecule has 0 saturated carbocycles. The van der Waals surface area contributed by atoms with Crippen LogP contribution in [0.5, 0.6) is 46.0 Å². The predicted molar refractivity (Wildman–Crippen MR) is 167 cm³/mol. The van der Waals surface area contributed by atoms with E-state index in [4.69, 9.17) is 32.8 Å². The molecule has 0 amide bonds. The van der Waals surface area contributed by atoms with Crippen molar-refractivity contribution in [3.8, 4) is 57.3 Å². The van der Waals surface area contributed by atoms with Crippen LogP contribution in [0, 0.1) is 0 Å². The molecular weight excluding hydrogens is 596 g/mol. The van der Waals surface area contributed by atoms with Gasteiger partial charge < -0.3 is 43.1 Å². The average Bonchev–Trinajstić information content (AvgIpc) is 3.07. The maximum atomic E-state index is 14.6. The van der Waals surface area contributed by atoms with Gasteiger partial charge in [0.25, 0.3) is 0 Å². The molecule has 0 unspecified atom stereocenters. The second-order valence-corrected chi connectivity index (χ2v) is 10.4. The van der Waals surface area contributed by atoms with Crippen LogP contribution >= 0.6 is 0 Å². The average molecular weight is 627 g/mol. The lowest BCUT2D eigenvalue weighted by Crippen LogP contribution is -2.31. The molecule has 236 valence electrons. The molecular formula is C35H30O11. The van der Waals surface area contributed by atoms with Gasteiger partial charge in [0, 0.05) is 29.8 Å². The third kappa shape index (κ3) is 4.95. The van der Waals surface area contributed by atoms with Crippen molar-refractivity contribution in [2.45, 2.75) is 12.0 Å². The number of benzene rings is 4. The van der Waals surface area contributed by atoms with Gasteiger partial charge in [-0.3, -0.25) is 9.59 Å². The van der Waals surface area contributed by atoms with Crippen LogP contribution in [0.4, 0.5) is 0 Å². The van der Waals surface area contributed by atoms with Crippen molar-refractivity contribution in [2.24, 2.45) is 0 Å². The third-order valence-electron chi connectivity index (χ3n) is 8.00. The zero-order valence-electron chi connectivity index (χ0n) is 25.6. The molecule has 6 rings (SSSR count). The number of rotatable bonds is 8. The fraction of sp³-hybridized carbons (Fsp3) is 0.200. The van der Waals surface area contributed by atoms with Crippen LogP contribution in [0.1, 0.15) is 33.5 Å². The number of aromatic hydroxyl groups is 2. The highest BCUT2D eigenvalue weighted by atomic mass is 16.5. The maximum Gasteiger partial charge on any atom is 0.197 e. The molecule has 1 aliphatic rings. The number of carbonyl (C=O) groups excluding carboxylic acids is 1. The summed E-state index contributed by atoms with van der Waals surface area (Å²) in [6, 6.07) is 17.2. The number of ether oxygens (including phenoxy) is 6. The summed E-state index contributed by atoms with van der Waals surface area (Å²) in [6.07, 6.45) is -1.01. The SMILES string of the molecule is COc1ccc([C@@H]2Oc3cc(OC)cc(O)c3C(=O)[C@@H]2c2c(OC)cc(O)c3c(=O)cc(-c4ccc(OC)c(OC)c4)oc23)cc1. The van der Waals surface area contributed by atoms with Gasteiger partial charge in [0.05, 0.1) is 47.0 Å². The molecule has 0 spiro atoms. The van der Waals surface area contributed by atoms with Crippen LogP contribution in [0.2, 0.25) is 0 Å². The Morgan fingerprint density at radius 2 is 1.37 bits per heavy atom. The van der Waals surface area contributed by atoms with E-state index in [1.54, 1.807) is 42.5 Å². The van der Waals surface area contributed by atoms with E-state index in [0.29, 0.717) is 28.4 Å². The highest BCUT2D eigenvalue weighted by Gasteiger charge is 2.44. The number of hydrogen-bond acceptors (Lipinski definition) is 11. The Kier molecular flexibility index (Phi) is 7.83. The van der Waals surface area contributed by atoms with Gasteiger partial charge in [-0.05, 0) is 35.9 Å². The topological polar surface area (TPSA) is 143 Å². The fourth-order valence-electron chi connectivity index (χ4n) is 5.78. The number of hydrogen-bond donors (Lipinski definition) is 2. The minimum atomic E-state index is -1.22. The number of methoxy groups -OCH3 is 5. The highest BCUT2D eigenvalue weighted by molar-refractivity contribution is 6.09. The van der Waals surface area contributed by atoms with E-state index < -0.39 is 29.0 Å². The maximum absolute atomic E-state index is 14.6. The first-order valence-electron chi connectivity index (χ1n) is 14.1. The Morgan fingerprint density at radius 1 is 0.674 bits per heavy atom. The first kappa shape index (κ1) is 30.2. The van der Waals surface area contributed by atoms with Gasteiger partial charge in [-0.15, -0.1) is 0 Å². The number of ketones is 1. The number of fused-ring (bicyclic) bond motifs is 2. The van der Waals surface area contributed by atoms with Gasteiger partial charge in [0.2, 0.25) is 0 Å². The van der Waals surface area contributed by atoms with E-state index in [9.17, 15) is 19.8 Å². The number of phenols is 2. The van der Waals surface area contributed by atoms with E-state index in [1.165, 1.54) is 59.8 Å². The summed E-state index contributed by atoms with van der Waals surface area (Å²) in [4.78, 5) is 28.2. The first-order valence-corrected chi connectivity index (χ1v) is 14.1. The molecule has 1 aliphatic heterocycles. The lowest BCUT2D eigenvalue weighted by atomic mass is 9.79. The lowest BCUT2D eigenvalue weighted by Gasteiger charge is -2.34. The molecule has 11 nitrogen and oxygen atoms in total. The predicted octanol–water partition coefficient (Wildman–Crippen LogP) is 6.01. The van der Waals surface area contributed by atoms with Gasteiger partial charge in [0.1, 0.15) is 62.9 Å². The van der Waals surface area contributed by atoms with Crippen molar-refractivity contribution in [2.75, 3.05) is 35.5 Å². The van der Waals surface area contributed by atoms with Crippen LogP contribution in [-0.4, -0.2) is 51.5 Å². The molecule has 5 aromatic rings. The molecule has 1 aromatic heterocycles. The van der Waals surface area contributed by atoms with Gasteiger partial charge in [0.15, 0.2) is 22.7 Å². The fourth-order valence-corrected chi connectivity index (χ4v) is 5.78. The number of carbonyl (C=O) groups is 1. The van der Waals surface area contributed by atoms with Crippen molar-refractivity contribution >= 4 is 16.8 Å². The van der Waals surface area contributed by atoms with Crippen LogP contribution < -0.4 is 33.8 Å². The van der Waals surface area contributed by atoms with E-state index in [2.05, 4.69) is 0 Å². The molecule has 0 radical (unpaired) electrons. The Balaban J connectivity index is 1.66. The van der Waals surface area contributed by atoms with Crippen LogP contribution in [0.15, 0.2) is 75.9 Å². The van der Waals surface area contributed by atoms with Gasteiger partial charge in [-0.25, -0.2) is 0 Å². The monoisotopic (exact) mass is 626 g/mol. The summed E-state index contributed by atoms with van der Waals surface area (Å²) < 4.78 is 40.0. The third-order valence-corrected chi connectivity index (χ3v) is 8.00. The molecule has 46 heavy (non-hydrogen) atoms. The second-order valence-electron chi connectivity index (χ2n) is 10.4. The smallest absolute Gasteiger partial charge is 0.197 e. The summed E-state index contributed by atoms with van der Waals surface area (Å²) in [5.74, 6) is -0.476. The van der Waals surface area contributed by atoms with Crippen molar-refractivity contribution in [1.29, 1.82) is 0 Å². The Labute approximate surface area is 263 Å². The molecule has 2 N–H and O–H groups in total. The first-order chi connectivity index (χ1) is 22.2. The van der Waals surface area contributed by atoms with Gasteiger partial charge in [-0.1, -0.05) is 12.1 Å². The van der Waals surface area contributed by atoms with Gasteiger partial charge in [-0.2, -0.15) is 0 Å². The number of Topliss-reactive ketones (excluding diaryl/α,β-unsaturated/α-hetero) is 1. The van der Waals surface area contributed by atoms with E-state index in [-0.39, 0.29) is 50.9 Å². The molecule has 4 aromatic carbocycles.